The summed E-state index contributed by atoms with van der Waals surface area (Å²) >= 11 is 3.32. The van der Waals surface area contributed by atoms with Crippen LogP contribution in [0.5, 0.6) is 0 Å². The number of thiazole rings is 2. The first-order chi connectivity index (χ1) is 9.04. The highest BCUT2D eigenvalue weighted by Crippen LogP contribution is 2.30. The van der Waals surface area contributed by atoms with Crippen molar-refractivity contribution in [2.45, 2.75) is 26.8 Å². The second-order valence-corrected chi connectivity index (χ2v) is 6.60. The standard InChI is InChI=1S/C12H15N5S2/c1-6(9-5-18-8(3)14-9)13-12-15-11-10(19-12)7(2)16-17(11)4/h5-6H,1-4H3,(H,13,15)/t6-/m0/s1. The van der Waals surface area contributed by atoms with Gasteiger partial charge in [0, 0.05) is 12.4 Å². The normalized spacial score (nSPS) is 13.1. The Balaban J connectivity index is 1.87. The number of hydrogen-bond acceptors (Lipinski definition) is 6. The molecule has 0 aliphatic rings. The summed E-state index contributed by atoms with van der Waals surface area (Å²) in [6.45, 7) is 6.14. The molecule has 100 valence electrons. The van der Waals surface area contributed by atoms with Crippen LogP contribution in [0.15, 0.2) is 5.38 Å². The molecule has 0 radical (unpaired) electrons. The minimum atomic E-state index is 0.166. The van der Waals surface area contributed by atoms with Crippen molar-refractivity contribution in [3.63, 3.8) is 0 Å². The van der Waals surface area contributed by atoms with Crippen LogP contribution in [0.2, 0.25) is 0 Å². The first kappa shape index (κ1) is 12.6. The van der Waals surface area contributed by atoms with Crippen molar-refractivity contribution in [3.8, 4) is 0 Å². The van der Waals surface area contributed by atoms with Gasteiger partial charge in [-0.1, -0.05) is 11.3 Å². The van der Waals surface area contributed by atoms with Crippen molar-refractivity contribution in [1.82, 2.24) is 19.7 Å². The molecule has 0 aromatic carbocycles. The lowest BCUT2D eigenvalue weighted by molar-refractivity contribution is 0.773. The SMILES string of the molecule is Cc1nc([C@H](C)Nc2nc3c(s2)c(C)nn3C)cs1. The fourth-order valence-electron chi connectivity index (χ4n) is 1.98. The third-order valence-electron chi connectivity index (χ3n) is 2.96. The third kappa shape index (κ3) is 2.23. The molecular weight excluding hydrogens is 278 g/mol. The molecule has 0 aliphatic heterocycles. The van der Waals surface area contributed by atoms with E-state index in [1.165, 1.54) is 0 Å². The van der Waals surface area contributed by atoms with E-state index in [9.17, 15) is 0 Å². The Morgan fingerprint density at radius 1 is 1.32 bits per heavy atom. The van der Waals surface area contributed by atoms with Gasteiger partial charge in [0.25, 0.3) is 0 Å². The number of rotatable bonds is 3. The monoisotopic (exact) mass is 293 g/mol. The van der Waals surface area contributed by atoms with Gasteiger partial charge in [0.05, 0.1) is 27.1 Å². The molecule has 0 spiro atoms. The first-order valence-corrected chi connectivity index (χ1v) is 7.73. The Morgan fingerprint density at radius 2 is 2.11 bits per heavy atom. The molecule has 0 fully saturated rings. The molecule has 1 atom stereocenters. The molecule has 7 heteroatoms. The zero-order chi connectivity index (χ0) is 13.6. The molecule has 3 aromatic heterocycles. The molecule has 0 saturated carbocycles. The van der Waals surface area contributed by atoms with E-state index in [-0.39, 0.29) is 6.04 Å². The van der Waals surface area contributed by atoms with Gasteiger partial charge < -0.3 is 5.32 Å². The van der Waals surface area contributed by atoms with Crippen molar-refractivity contribution in [2.75, 3.05) is 5.32 Å². The molecule has 1 N–H and O–H groups in total. The summed E-state index contributed by atoms with van der Waals surface area (Å²) in [5, 5.41) is 11.9. The number of nitrogens with zero attached hydrogens (tertiary/aromatic N) is 4. The van der Waals surface area contributed by atoms with Crippen molar-refractivity contribution >= 4 is 38.2 Å². The minimum Gasteiger partial charge on any atom is -0.353 e. The summed E-state index contributed by atoms with van der Waals surface area (Å²) < 4.78 is 2.97. The number of aromatic nitrogens is 4. The summed E-state index contributed by atoms with van der Waals surface area (Å²) in [7, 11) is 1.92. The van der Waals surface area contributed by atoms with Crippen LogP contribution in [0.3, 0.4) is 0 Å². The summed E-state index contributed by atoms with van der Waals surface area (Å²) in [5.41, 5.74) is 3.03. The highest BCUT2D eigenvalue weighted by Gasteiger charge is 2.15. The molecule has 0 saturated heterocycles. The molecular formula is C12H15N5S2. The Bertz CT molecular complexity index is 689. The summed E-state index contributed by atoms with van der Waals surface area (Å²) in [5.74, 6) is 0. The highest BCUT2D eigenvalue weighted by molar-refractivity contribution is 7.22. The lowest BCUT2D eigenvalue weighted by atomic mass is 10.3. The van der Waals surface area contributed by atoms with E-state index in [2.05, 4.69) is 32.7 Å². The quantitative estimate of drug-likeness (QED) is 0.805. The molecule has 5 nitrogen and oxygen atoms in total. The lowest BCUT2D eigenvalue weighted by Crippen LogP contribution is -2.06. The maximum Gasteiger partial charge on any atom is 0.185 e. The molecule has 3 rings (SSSR count). The number of hydrogen-bond donors (Lipinski definition) is 1. The first-order valence-electron chi connectivity index (χ1n) is 6.03. The highest BCUT2D eigenvalue weighted by atomic mass is 32.1. The number of nitrogens with one attached hydrogen (secondary N) is 1. The average molecular weight is 293 g/mol. The largest absolute Gasteiger partial charge is 0.353 e. The minimum absolute atomic E-state index is 0.166. The van der Waals surface area contributed by atoms with Gasteiger partial charge in [-0.2, -0.15) is 5.10 Å². The van der Waals surface area contributed by atoms with Crippen LogP contribution in [0.1, 0.15) is 29.4 Å². The maximum absolute atomic E-state index is 4.59. The Hall–Kier alpha value is -1.47. The average Bonchev–Trinajstić information content (AvgIpc) is 3.00. The molecule has 19 heavy (non-hydrogen) atoms. The van der Waals surface area contributed by atoms with Crippen LogP contribution < -0.4 is 5.32 Å². The zero-order valence-corrected chi connectivity index (χ0v) is 12.9. The van der Waals surface area contributed by atoms with Gasteiger partial charge in [-0.3, -0.25) is 0 Å². The second-order valence-electron chi connectivity index (χ2n) is 4.54. The van der Waals surface area contributed by atoms with Gasteiger partial charge in [0.1, 0.15) is 0 Å². The third-order valence-corrected chi connectivity index (χ3v) is 4.84. The molecule has 0 unspecified atom stereocenters. The van der Waals surface area contributed by atoms with E-state index >= 15 is 0 Å². The molecule has 0 bridgehead atoms. The van der Waals surface area contributed by atoms with E-state index in [0.29, 0.717) is 0 Å². The van der Waals surface area contributed by atoms with Gasteiger partial charge in [-0.15, -0.1) is 11.3 Å². The van der Waals surface area contributed by atoms with Crippen LogP contribution in [-0.2, 0) is 7.05 Å². The fraction of sp³-hybridized carbons (Fsp3) is 0.417. The summed E-state index contributed by atoms with van der Waals surface area (Å²) in [6, 6.07) is 0.166. The van der Waals surface area contributed by atoms with Gasteiger partial charge >= 0.3 is 0 Å². The smallest absolute Gasteiger partial charge is 0.185 e. The molecule has 3 heterocycles. The predicted molar refractivity (Wildman–Crippen MR) is 80.0 cm³/mol. The van der Waals surface area contributed by atoms with Crippen LogP contribution in [0.25, 0.3) is 10.3 Å². The van der Waals surface area contributed by atoms with E-state index in [4.69, 9.17) is 0 Å². The lowest BCUT2D eigenvalue weighted by Gasteiger charge is -2.09. The Kier molecular flexibility index (Phi) is 3.02. The molecule has 0 aliphatic carbocycles. The Labute approximate surface area is 119 Å². The fourth-order valence-corrected chi connectivity index (χ4v) is 3.71. The zero-order valence-electron chi connectivity index (χ0n) is 11.3. The van der Waals surface area contributed by atoms with Gasteiger partial charge in [0.15, 0.2) is 10.8 Å². The van der Waals surface area contributed by atoms with E-state index in [1.807, 2.05) is 25.6 Å². The predicted octanol–water partition coefficient (Wildman–Crippen LogP) is 3.28. The number of anilines is 1. The van der Waals surface area contributed by atoms with Crippen molar-refractivity contribution < 1.29 is 0 Å². The Morgan fingerprint density at radius 3 is 2.74 bits per heavy atom. The van der Waals surface area contributed by atoms with Crippen LogP contribution in [0.4, 0.5) is 5.13 Å². The van der Waals surface area contributed by atoms with Crippen LogP contribution in [-0.4, -0.2) is 19.7 Å². The van der Waals surface area contributed by atoms with Gasteiger partial charge in [0.2, 0.25) is 0 Å². The van der Waals surface area contributed by atoms with Crippen molar-refractivity contribution in [1.29, 1.82) is 0 Å². The summed E-state index contributed by atoms with van der Waals surface area (Å²) in [4.78, 5) is 9.09. The maximum atomic E-state index is 4.59. The van der Waals surface area contributed by atoms with Crippen molar-refractivity contribution in [3.05, 3.63) is 21.8 Å². The number of aryl methyl sites for hydroxylation is 3. The van der Waals surface area contributed by atoms with Gasteiger partial charge in [-0.05, 0) is 20.8 Å². The van der Waals surface area contributed by atoms with Crippen molar-refractivity contribution in [2.24, 2.45) is 7.05 Å². The summed E-state index contributed by atoms with van der Waals surface area (Å²) in [6.07, 6.45) is 0. The molecule has 3 aromatic rings. The van der Waals surface area contributed by atoms with Crippen LogP contribution >= 0.6 is 22.7 Å². The van der Waals surface area contributed by atoms with Gasteiger partial charge in [-0.25, -0.2) is 14.6 Å². The topological polar surface area (TPSA) is 55.6 Å². The number of fused-ring (bicyclic) bond motifs is 1. The van der Waals surface area contributed by atoms with Crippen LogP contribution in [0, 0.1) is 13.8 Å². The second kappa shape index (κ2) is 4.57. The van der Waals surface area contributed by atoms with E-state index in [0.717, 1.165) is 31.9 Å². The van der Waals surface area contributed by atoms with E-state index < -0.39 is 0 Å². The molecule has 0 amide bonds. The van der Waals surface area contributed by atoms with E-state index in [1.54, 1.807) is 22.7 Å².